The Balaban J connectivity index is 2.46. The molecule has 0 aliphatic carbocycles. The van der Waals surface area contributed by atoms with Crippen LogP contribution in [0.4, 0.5) is 4.79 Å². The third kappa shape index (κ3) is 7.66. The van der Waals surface area contributed by atoms with Crippen LogP contribution in [0.15, 0.2) is 24.3 Å². The van der Waals surface area contributed by atoms with E-state index in [0.29, 0.717) is 13.1 Å². The van der Waals surface area contributed by atoms with Crippen LogP contribution >= 0.6 is 0 Å². The van der Waals surface area contributed by atoms with Crippen LogP contribution < -0.4 is 15.8 Å². The summed E-state index contributed by atoms with van der Waals surface area (Å²) in [5.41, 5.74) is 6.57. The molecule has 0 spiro atoms. The number of alkyl carbamates (subject to hydrolysis) is 1. The summed E-state index contributed by atoms with van der Waals surface area (Å²) in [4.78, 5) is 13.9. The lowest BCUT2D eigenvalue weighted by Gasteiger charge is -2.27. The van der Waals surface area contributed by atoms with Crippen molar-refractivity contribution in [3.8, 4) is 5.75 Å². The highest BCUT2D eigenvalue weighted by Gasteiger charge is 2.17. The first-order valence-corrected chi connectivity index (χ1v) is 8.25. The van der Waals surface area contributed by atoms with Crippen LogP contribution in [0.1, 0.15) is 32.8 Å². The summed E-state index contributed by atoms with van der Waals surface area (Å²) < 4.78 is 10.5. The summed E-state index contributed by atoms with van der Waals surface area (Å²) in [6.45, 7) is 7.35. The van der Waals surface area contributed by atoms with Gasteiger partial charge in [0.2, 0.25) is 0 Å². The van der Waals surface area contributed by atoms with Gasteiger partial charge in [-0.05, 0) is 51.9 Å². The summed E-state index contributed by atoms with van der Waals surface area (Å²) in [6, 6.07) is 8.15. The third-order valence-corrected chi connectivity index (χ3v) is 3.61. The molecule has 1 aromatic carbocycles. The van der Waals surface area contributed by atoms with Crippen LogP contribution in [0, 0.1) is 0 Å². The number of rotatable bonds is 8. The van der Waals surface area contributed by atoms with Gasteiger partial charge in [-0.15, -0.1) is 0 Å². The first-order chi connectivity index (χ1) is 11.2. The Morgan fingerprint density at radius 1 is 1.38 bits per heavy atom. The summed E-state index contributed by atoms with van der Waals surface area (Å²) >= 11 is 0. The average Bonchev–Trinajstić information content (AvgIpc) is 2.49. The van der Waals surface area contributed by atoms with Gasteiger partial charge in [-0.2, -0.15) is 0 Å². The van der Waals surface area contributed by atoms with E-state index in [1.165, 1.54) is 0 Å². The topological polar surface area (TPSA) is 76.8 Å². The molecule has 0 heterocycles. The lowest BCUT2D eigenvalue weighted by molar-refractivity contribution is 0.0522. The van der Waals surface area contributed by atoms with Crippen molar-refractivity contribution in [2.24, 2.45) is 5.73 Å². The molecule has 1 rings (SSSR count). The van der Waals surface area contributed by atoms with Crippen LogP contribution in [0.2, 0.25) is 0 Å². The Hall–Kier alpha value is -1.79. The van der Waals surface area contributed by atoms with Crippen LogP contribution in [0.3, 0.4) is 0 Å². The van der Waals surface area contributed by atoms with Crippen LogP contribution in [-0.2, 0) is 11.3 Å². The van der Waals surface area contributed by atoms with Crippen LogP contribution in [0.25, 0.3) is 0 Å². The summed E-state index contributed by atoms with van der Waals surface area (Å²) in [6.07, 6.45) is 0.365. The molecule has 0 saturated carbocycles. The number of methoxy groups -OCH3 is 1. The zero-order valence-electron chi connectivity index (χ0n) is 15.5. The second-order valence-electron chi connectivity index (χ2n) is 6.87. The molecule has 0 aliphatic rings. The van der Waals surface area contributed by atoms with Gasteiger partial charge < -0.3 is 20.5 Å². The highest BCUT2D eigenvalue weighted by molar-refractivity contribution is 5.67. The molecule has 136 valence electrons. The van der Waals surface area contributed by atoms with Crippen molar-refractivity contribution in [1.29, 1.82) is 0 Å². The zero-order valence-corrected chi connectivity index (χ0v) is 15.5. The van der Waals surface area contributed by atoms with Gasteiger partial charge >= 0.3 is 6.09 Å². The molecule has 6 nitrogen and oxygen atoms in total. The number of likely N-dealkylation sites (N-methyl/N-ethyl adjacent to an activating group) is 1. The average molecular weight is 337 g/mol. The Morgan fingerprint density at radius 2 is 2.08 bits per heavy atom. The minimum absolute atomic E-state index is 0.172. The van der Waals surface area contributed by atoms with E-state index in [1.807, 2.05) is 46.0 Å². The normalized spacial score (nSPS) is 12.8. The van der Waals surface area contributed by atoms with Crippen molar-refractivity contribution < 1.29 is 14.3 Å². The predicted octanol–water partition coefficient (Wildman–Crippen LogP) is 2.37. The van der Waals surface area contributed by atoms with Gasteiger partial charge in [-0.25, -0.2) is 4.79 Å². The SMILES string of the molecule is COc1cccc(CN(C)C(CN)CCNC(=O)OC(C)(C)C)c1. The fourth-order valence-corrected chi connectivity index (χ4v) is 2.36. The molecule has 0 aromatic heterocycles. The number of hydrogen-bond acceptors (Lipinski definition) is 5. The molecule has 0 fully saturated rings. The van der Waals surface area contributed by atoms with E-state index in [-0.39, 0.29) is 6.04 Å². The monoisotopic (exact) mass is 337 g/mol. The van der Waals surface area contributed by atoms with Gasteiger partial charge in [0.05, 0.1) is 7.11 Å². The molecule has 0 aliphatic heterocycles. The number of carbonyl (C=O) groups excluding carboxylic acids is 1. The van der Waals surface area contributed by atoms with Crippen molar-refractivity contribution in [1.82, 2.24) is 10.2 Å². The van der Waals surface area contributed by atoms with Gasteiger partial charge in [-0.1, -0.05) is 12.1 Å². The van der Waals surface area contributed by atoms with Crippen molar-refractivity contribution >= 4 is 6.09 Å². The Kier molecular flexibility index (Phi) is 8.01. The minimum Gasteiger partial charge on any atom is -0.497 e. The Labute approximate surface area is 145 Å². The molecule has 1 unspecified atom stereocenters. The molecule has 24 heavy (non-hydrogen) atoms. The number of nitrogens with zero attached hydrogens (tertiary/aromatic N) is 1. The third-order valence-electron chi connectivity index (χ3n) is 3.61. The molecule has 6 heteroatoms. The Bertz CT molecular complexity index is 514. The molecule has 1 amide bonds. The predicted molar refractivity (Wildman–Crippen MR) is 96.2 cm³/mol. The second kappa shape index (κ2) is 9.49. The van der Waals surface area contributed by atoms with Gasteiger partial charge in [0, 0.05) is 25.7 Å². The molecule has 0 bridgehead atoms. The standard InChI is InChI=1S/C18H31N3O3/c1-18(2,3)24-17(22)20-10-9-15(12-19)21(4)13-14-7-6-8-16(11-14)23-5/h6-8,11,15H,9-10,12-13,19H2,1-5H3,(H,20,22). The van der Waals surface area contributed by atoms with Crippen molar-refractivity contribution in [3.05, 3.63) is 29.8 Å². The molecule has 3 N–H and O–H groups in total. The van der Waals surface area contributed by atoms with E-state index in [1.54, 1.807) is 7.11 Å². The molecule has 1 atom stereocenters. The largest absolute Gasteiger partial charge is 0.497 e. The van der Waals surface area contributed by atoms with Crippen molar-refractivity contribution in [3.63, 3.8) is 0 Å². The van der Waals surface area contributed by atoms with Crippen molar-refractivity contribution in [2.45, 2.75) is 45.4 Å². The van der Waals surface area contributed by atoms with E-state index < -0.39 is 11.7 Å². The summed E-state index contributed by atoms with van der Waals surface area (Å²) in [5.74, 6) is 0.844. The number of benzene rings is 1. The number of ether oxygens (including phenoxy) is 2. The smallest absolute Gasteiger partial charge is 0.407 e. The quantitative estimate of drug-likeness (QED) is 0.761. The van der Waals surface area contributed by atoms with Crippen LogP contribution in [-0.4, -0.2) is 49.9 Å². The minimum atomic E-state index is -0.486. The maximum absolute atomic E-state index is 11.7. The van der Waals surface area contributed by atoms with Crippen LogP contribution in [0.5, 0.6) is 5.75 Å². The van der Waals surface area contributed by atoms with E-state index >= 15 is 0 Å². The maximum Gasteiger partial charge on any atom is 0.407 e. The van der Waals surface area contributed by atoms with Gasteiger partial charge in [-0.3, -0.25) is 4.90 Å². The molecular weight excluding hydrogens is 306 g/mol. The second-order valence-corrected chi connectivity index (χ2v) is 6.87. The first-order valence-electron chi connectivity index (χ1n) is 8.25. The van der Waals surface area contributed by atoms with E-state index in [0.717, 1.165) is 24.3 Å². The fourth-order valence-electron chi connectivity index (χ4n) is 2.36. The lowest BCUT2D eigenvalue weighted by atomic mass is 10.1. The lowest BCUT2D eigenvalue weighted by Crippen LogP contribution is -2.41. The molecule has 0 radical (unpaired) electrons. The maximum atomic E-state index is 11.7. The van der Waals surface area contributed by atoms with E-state index in [9.17, 15) is 4.79 Å². The first kappa shape index (κ1) is 20.3. The number of nitrogens with one attached hydrogen (secondary N) is 1. The summed E-state index contributed by atoms with van der Waals surface area (Å²) in [7, 11) is 3.69. The van der Waals surface area contributed by atoms with Gasteiger partial charge in [0.1, 0.15) is 11.4 Å². The Morgan fingerprint density at radius 3 is 2.67 bits per heavy atom. The van der Waals surface area contributed by atoms with E-state index in [2.05, 4.69) is 16.3 Å². The highest BCUT2D eigenvalue weighted by atomic mass is 16.6. The van der Waals surface area contributed by atoms with E-state index in [4.69, 9.17) is 15.2 Å². The molecule has 1 aromatic rings. The molecule has 0 saturated heterocycles. The van der Waals surface area contributed by atoms with Gasteiger partial charge in [0.25, 0.3) is 0 Å². The number of amides is 1. The number of hydrogen-bond donors (Lipinski definition) is 2. The summed E-state index contributed by atoms with van der Waals surface area (Å²) in [5, 5.41) is 2.78. The zero-order chi connectivity index (χ0) is 18.2. The number of nitrogens with two attached hydrogens (primary N) is 1. The fraction of sp³-hybridized carbons (Fsp3) is 0.611. The number of carbonyl (C=O) groups is 1. The molecular formula is C18H31N3O3. The van der Waals surface area contributed by atoms with Gasteiger partial charge in [0.15, 0.2) is 0 Å². The highest BCUT2D eigenvalue weighted by Crippen LogP contribution is 2.15. The van der Waals surface area contributed by atoms with Crippen molar-refractivity contribution in [2.75, 3.05) is 27.2 Å².